The van der Waals surface area contributed by atoms with Gasteiger partial charge in [-0.2, -0.15) is 0 Å². The van der Waals surface area contributed by atoms with Gasteiger partial charge in [0.15, 0.2) is 0 Å². The summed E-state index contributed by atoms with van der Waals surface area (Å²) in [4.78, 5) is 16.8. The van der Waals surface area contributed by atoms with Crippen molar-refractivity contribution in [3.8, 4) is 0 Å². The lowest BCUT2D eigenvalue weighted by Gasteiger charge is -2.09. The number of anilines is 2. The SMILES string of the molecule is Clc1cccc(Nc2nc3ccncc3c3[nH]c4ccncc4c23)c1. The number of halogens is 1. The van der Waals surface area contributed by atoms with Crippen molar-refractivity contribution < 1.29 is 0 Å². The van der Waals surface area contributed by atoms with Crippen LogP contribution >= 0.6 is 11.6 Å². The molecule has 0 aliphatic rings. The summed E-state index contributed by atoms with van der Waals surface area (Å²) in [5.41, 5.74) is 3.75. The molecule has 4 heterocycles. The quantitative estimate of drug-likeness (QED) is 0.469. The molecule has 0 unspecified atom stereocenters. The van der Waals surface area contributed by atoms with E-state index in [1.165, 1.54) is 0 Å². The summed E-state index contributed by atoms with van der Waals surface area (Å²) >= 11 is 6.11. The van der Waals surface area contributed by atoms with Crippen LogP contribution in [0.3, 0.4) is 0 Å². The largest absolute Gasteiger partial charge is 0.354 e. The fraction of sp³-hybridized carbons (Fsp3) is 0. The molecule has 25 heavy (non-hydrogen) atoms. The molecule has 0 saturated heterocycles. The molecular formula is C19H12ClN5. The first-order valence-electron chi connectivity index (χ1n) is 7.81. The molecule has 120 valence electrons. The monoisotopic (exact) mass is 345 g/mol. The maximum absolute atomic E-state index is 6.11. The van der Waals surface area contributed by atoms with E-state index >= 15 is 0 Å². The van der Waals surface area contributed by atoms with Crippen molar-refractivity contribution in [2.24, 2.45) is 0 Å². The number of aromatic amines is 1. The van der Waals surface area contributed by atoms with Crippen LogP contribution in [-0.4, -0.2) is 19.9 Å². The Bertz CT molecular complexity index is 1240. The van der Waals surface area contributed by atoms with Gasteiger partial charge in [-0.1, -0.05) is 17.7 Å². The van der Waals surface area contributed by atoms with E-state index in [0.29, 0.717) is 5.02 Å². The van der Waals surface area contributed by atoms with E-state index in [2.05, 4.69) is 20.3 Å². The number of rotatable bonds is 2. The number of nitrogens with one attached hydrogen (secondary N) is 2. The number of fused-ring (bicyclic) bond motifs is 5. The highest BCUT2D eigenvalue weighted by molar-refractivity contribution is 6.30. The minimum absolute atomic E-state index is 0.673. The van der Waals surface area contributed by atoms with Crippen LogP contribution in [0.5, 0.6) is 0 Å². The van der Waals surface area contributed by atoms with Crippen LogP contribution in [-0.2, 0) is 0 Å². The number of hydrogen-bond donors (Lipinski definition) is 2. The van der Waals surface area contributed by atoms with Gasteiger partial charge in [-0.3, -0.25) is 9.97 Å². The van der Waals surface area contributed by atoms with Crippen LogP contribution in [0.1, 0.15) is 0 Å². The Morgan fingerprint density at radius 2 is 1.80 bits per heavy atom. The number of benzene rings is 1. The first kappa shape index (κ1) is 14.2. The van der Waals surface area contributed by atoms with Crippen molar-refractivity contribution in [3.05, 3.63) is 66.2 Å². The number of aromatic nitrogens is 4. The molecule has 5 rings (SSSR count). The van der Waals surface area contributed by atoms with Gasteiger partial charge >= 0.3 is 0 Å². The van der Waals surface area contributed by atoms with Gasteiger partial charge in [0.25, 0.3) is 0 Å². The second-order valence-electron chi connectivity index (χ2n) is 5.78. The number of nitrogens with zero attached hydrogens (tertiary/aromatic N) is 3. The molecular weight excluding hydrogens is 334 g/mol. The van der Waals surface area contributed by atoms with Gasteiger partial charge in [0.2, 0.25) is 0 Å². The summed E-state index contributed by atoms with van der Waals surface area (Å²) in [5.74, 6) is 0.759. The zero-order chi connectivity index (χ0) is 16.8. The van der Waals surface area contributed by atoms with Gasteiger partial charge < -0.3 is 10.3 Å². The second kappa shape index (κ2) is 5.43. The van der Waals surface area contributed by atoms with Crippen LogP contribution < -0.4 is 5.32 Å². The van der Waals surface area contributed by atoms with E-state index in [1.807, 2.05) is 48.8 Å². The standard InChI is InChI=1S/C19H12ClN5/c20-11-2-1-3-12(8-11)23-19-17-13-9-21-6-4-15(13)24-18(17)14-10-22-7-5-16(14)25-19/h1-10,24H,(H,23,25). The lowest BCUT2D eigenvalue weighted by atomic mass is 10.1. The van der Waals surface area contributed by atoms with Gasteiger partial charge in [-0.25, -0.2) is 4.98 Å². The average Bonchev–Trinajstić information content (AvgIpc) is 3.02. The van der Waals surface area contributed by atoms with E-state index in [-0.39, 0.29) is 0 Å². The van der Waals surface area contributed by atoms with Crippen molar-refractivity contribution in [1.29, 1.82) is 0 Å². The molecule has 1 aromatic carbocycles. The van der Waals surface area contributed by atoms with Crippen molar-refractivity contribution in [1.82, 2.24) is 19.9 Å². The smallest absolute Gasteiger partial charge is 0.141 e. The number of H-pyrrole nitrogens is 1. The molecule has 5 aromatic rings. The van der Waals surface area contributed by atoms with E-state index in [9.17, 15) is 0 Å². The molecule has 0 bridgehead atoms. The Kier molecular flexibility index (Phi) is 3.08. The van der Waals surface area contributed by atoms with Crippen LogP contribution in [0.25, 0.3) is 32.7 Å². The molecule has 4 aromatic heterocycles. The fourth-order valence-corrected chi connectivity index (χ4v) is 3.32. The molecule has 2 N–H and O–H groups in total. The molecule has 0 radical (unpaired) electrons. The minimum atomic E-state index is 0.673. The Labute approximate surface area is 147 Å². The Hall–Kier alpha value is -3.18. The molecule has 0 amide bonds. The Morgan fingerprint density at radius 1 is 0.960 bits per heavy atom. The summed E-state index contributed by atoms with van der Waals surface area (Å²) < 4.78 is 0. The van der Waals surface area contributed by atoms with E-state index in [4.69, 9.17) is 16.6 Å². The molecule has 0 aliphatic carbocycles. The maximum Gasteiger partial charge on any atom is 0.141 e. The fourth-order valence-electron chi connectivity index (χ4n) is 3.13. The molecule has 0 saturated carbocycles. The van der Waals surface area contributed by atoms with Gasteiger partial charge in [0.05, 0.1) is 16.4 Å². The van der Waals surface area contributed by atoms with Crippen molar-refractivity contribution in [2.45, 2.75) is 0 Å². The van der Waals surface area contributed by atoms with Crippen LogP contribution in [0.2, 0.25) is 5.02 Å². The van der Waals surface area contributed by atoms with Crippen LogP contribution in [0.4, 0.5) is 11.5 Å². The van der Waals surface area contributed by atoms with Crippen molar-refractivity contribution in [2.75, 3.05) is 5.32 Å². The first-order chi connectivity index (χ1) is 12.3. The third kappa shape index (κ3) is 2.28. The molecule has 5 nitrogen and oxygen atoms in total. The summed E-state index contributed by atoms with van der Waals surface area (Å²) in [6, 6.07) is 11.4. The lowest BCUT2D eigenvalue weighted by Crippen LogP contribution is -1.95. The predicted molar refractivity (Wildman–Crippen MR) is 101 cm³/mol. The number of pyridine rings is 3. The van der Waals surface area contributed by atoms with Gasteiger partial charge in [0.1, 0.15) is 5.82 Å². The Morgan fingerprint density at radius 3 is 2.68 bits per heavy atom. The summed E-state index contributed by atoms with van der Waals surface area (Å²) in [5, 5.41) is 7.05. The van der Waals surface area contributed by atoms with Gasteiger partial charge in [-0.05, 0) is 30.3 Å². The van der Waals surface area contributed by atoms with E-state index in [1.54, 1.807) is 12.4 Å². The molecule has 0 fully saturated rings. The molecule has 0 spiro atoms. The second-order valence-corrected chi connectivity index (χ2v) is 6.22. The predicted octanol–water partition coefficient (Wildman–Crippen LogP) is 5.06. The molecule has 0 aliphatic heterocycles. The van der Waals surface area contributed by atoms with Crippen molar-refractivity contribution >= 4 is 55.8 Å². The summed E-state index contributed by atoms with van der Waals surface area (Å²) in [6.07, 6.45) is 7.20. The first-order valence-corrected chi connectivity index (χ1v) is 8.19. The summed E-state index contributed by atoms with van der Waals surface area (Å²) in [7, 11) is 0. The maximum atomic E-state index is 6.11. The average molecular weight is 346 g/mol. The third-order valence-corrected chi connectivity index (χ3v) is 4.46. The van der Waals surface area contributed by atoms with Crippen LogP contribution in [0.15, 0.2) is 61.2 Å². The number of hydrogen-bond acceptors (Lipinski definition) is 4. The summed E-state index contributed by atoms with van der Waals surface area (Å²) in [6.45, 7) is 0. The minimum Gasteiger partial charge on any atom is -0.354 e. The third-order valence-electron chi connectivity index (χ3n) is 4.22. The Balaban J connectivity index is 1.86. The lowest BCUT2D eigenvalue weighted by molar-refractivity contribution is 1.33. The zero-order valence-corrected chi connectivity index (χ0v) is 13.7. The molecule has 0 atom stereocenters. The highest BCUT2D eigenvalue weighted by Gasteiger charge is 2.14. The normalized spacial score (nSPS) is 11.4. The van der Waals surface area contributed by atoms with Crippen LogP contribution in [0, 0.1) is 0 Å². The van der Waals surface area contributed by atoms with Gasteiger partial charge in [0, 0.05) is 51.8 Å². The highest BCUT2D eigenvalue weighted by Crippen LogP contribution is 2.35. The topological polar surface area (TPSA) is 66.5 Å². The molecule has 6 heteroatoms. The van der Waals surface area contributed by atoms with E-state index in [0.717, 1.165) is 44.2 Å². The van der Waals surface area contributed by atoms with E-state index < -0.39 is 0 Å². The highest BCUT2D eigenvalue weighted by atomic mass is 35.5. The zero-order valence-electron chi connectivity index (χ0n) is 13.0. The van der Waals surface area contributed by atoms with Crippen molar-refractivity contribution in [3.63, 3.8) is 0 Å². The van der Waals surface area contributed by atoms with Gasteiger partial charge in [-0.15, -0.1) is 0 Å².